The molecule has 1 heterocycles. The molecule has 7 fully saturated rings. The smallest absolute Gasteiger partial charge is 0.226 e. The molecule has 0 spiro atoms. The van der Waals surface area contributed by atoms with Crippen LogP contribution in [0.3, 0.4) is 0 Å². The highest BCUT2D eigenvalue weighted by Gasteiger charge is 2.72. The van der Waals surface area contributed by atoms with E-state index in [0.29, 0.717) is 49.0 Å². The Labute approximate surface area is 309 Å². The Morgan fingerprint density at radius 1 is 0.804 bits per heavy atom. The Kier molecular flexibility index (Phi) is 9.24. The number of hydrogen-bond acceptors (Lipinski definition) is 4. The predicted octanol–water partition coefficient (Wildman–Crippen LogP) is 7.66. The molecule has 51 heavy (non-hydrogen) atoms. The zero-order valence-electron chi connectivity index (χ0n) is 33.5. The van der Waals surface area contributed by atoms with E-state index < -0.39 is 0 Å². The molecule has 7 heteroatoms. The van der Waals surface area contributed by atoms with E-state index in [2.05, 4.69) is 72.6 Å². The van der Waals surface area contributed by atoms with Crippen LogP contribution in [0.15, 0.2) is 12.2 Å². The number of hydrogen-bond donors (Lipinski definition) is 3. The van der Waals surface area contributed by atoms with E-state index in [1.807, 2.05) is 4.90 Å². The Morgan fingerprint density at radius 3 is 2.18 bits per heavy atom. The molecule has 0 bridgehead atoms. The number of allylic oxidation sites excluding steroid dienone is 1. The maximum atomic E-state index is 14.9. The number of rotatable bonds is 7. The Morgan fingerprint density at radius 2 is 1.51 bits per heavy atom. The molecule has 1 saturated heterocycles. The number of carbonyl (C=O) groups is 3. The molecule has 7 nitrogen and oxygen atoms in total. The summed E-state index contributed by atoms with van der Waals surface area (Å²) in [5, 5.41) is 17.8. The lowest BCUT2D eigenvalue weighted by Crippen LogP contribution is -2.68. The molecule has 7 aliphatic rings. The third-order valence-corrected chi connectivity index (χ3v) is 18.5. The van der Waals surface area contributed by atoms with Crippen LogP contribution >= 0.6 is 0 Å². The van der Waals surface area contributed by atoms with Crippen LogP contribution in [-0.4, -0.2) is 59.5 Å². The second kappa shape index (κ2) is 12.6. The van der Waals surface area contributed by atoms with E-state index in [1.165, 1.54) is 31.3 Å². The van der Waals surface area contributed by atoms with Crippen LogP contribution in [0.1, 0.15) is 145 Å². The van der Waals surface area contributed by atoms with Crippen molar-refractivity contribution >= 4 is 17.7 Å². The van der Waals surface area contributed by atoms with Crippen LogP contribution in [-0.2, 0) is 14.4 Å². The van der Waals surface area contributed by atoms with E-state index in [-0.39, 0.29) is 68.3 Å². The zero-order valence-corrected chi connectivity index (χ0v) is 33.5. The van der Waals surface area contributed by atoms with E-state index in [0.717, 1.165) is 64.5 Å². The molecular weight excluding hydrogens is 635 g/mol. The normalized spacial score (nSPS) is 46.4. The van der Waals surface area contributed by atoms with Crippen molar-refractivity contribution in [1.82, 2.24) is 15.5 Å². The van der Waals surface area contributed by atoms with Crippen LogP contribution in [0.4, 0.5) is 0 Å². The van der Waals surface area contributed by atoms with Gasteiger partial charge in [-0.05, 0) is 147 Å². The van der Waals surface area contributed by atoms with Crippen LogP contribution in [0.25, 0.3) is 0 Å². The van der Waals surface area contributed by atoms with Crippen LogP contribution in [0.5, 0.6) is 0 Å². The number of amides is 3. The minimum absolute atomic E-state index is 0.0108. The average molecular weight is 706 g/mol. The molecule has 12 atom stereocenters. The number of fused-ring (bicyclic) bond motifs is 7. The van der Waals surface area contributed by atoms with Crippen LogP contribution in [0.2, 0.25) is 0 Å². The second-order valence-electron chi connectivity index (χ2n) is 21.0. The lowest BCUT2D eigenvalue weighted by Gasteiger charge is -2.72. The van der Waals surface area contributed by atoms with Gasteiger partial charge in [-0.2, -0.15) is 0 Å². The van der Waals surface area contributed by atoms with Crippen molar-refractivity contribution in [2.24, 2.45) is 68.0 Å². The minimum Gasteiger partial charge on any atom is -0.393 e. The van der Waals surface area contributed by atoms with Gasteiger partial charge in [0.05, 0.1) is 11.5 Å². The molecule has 0 aromatic carbocycles. The lowest BCUT2D eigenvalue weighted by molar-refractivity contribution is -0.246. The minimum atomic E-state index is -0.381. The molecule has 3 amide bonds. The first kappa shape index (κ1) is 37.4. The van der Waals surface area contributed by atoms with Gasteiger partial charge in [-0.1, -0.05) is 60.6 Å². The predicted molar refractivity (Wildman–Crippen MR) is 202 cm³/mol. The van der Waals surface area contributed by atoms with Crippen molar-refractivity contribution < 1.29 is 19.5 Å². The molecule has 3 N–H and O–H groups in total. The number of nitrogens with zero attached hydrogens (tertiary/aromatic N) is 1. The van der Waals surface area contributed by atoms with Crippen LogP contribution < -0.4 is 10.6 Å². The third kappa shape index (κ3) is 5.36. The molecular formula is C44H71N3O4. The monoisotopic (exact) mass is 706 g/mol. The second-order valence-corrected chi connectivity index (χ2v) is 21.0. The summed E-state index contributed by atoms with van der Waals surface area (Å²) in [4.78, 5) is 42.6. The van der Waals surface area contributed by atoms with Crippen LogP contribution in [0, 0.1) is 68.0 Å². The van der Waals surface area contributed by atoms with E-state index in [4.69, 9.17) is 0 Å². The molecule has 7 rings (SSSR count). The van der Waals surface area contributed by atoms with Gasteiger partial charge in [-0.15, -0.1) is 0 Å². The Balaban J connectivity index is 1.07. The fraction of sp³-hybridized carbons (Fsp3) is 0.886. The maximum Gasteiger partial charge on any atom is 0.226 e. The van der Waals surface area contributed by atoms with Crippen molar-refractivity contribution in [3.05, 3.63) is 12.2 Å². The van der Waals surface area contributed by atoms with Gasteiger partial charge in [-0.3, -0.25) is 14.4 Å². The zero-order chi connectivity index (χ0) is 36.9. The number of aliphatic hydroxyl groups is 1. The fourth-order valence-electron chi connectivity index (χ4n) is 15.0. The van der Waals surface area contributed by atoms with Gasteiger partial charge in [0.1, 0.15) is 0 Å². The standard InChI is InChI=1S/C44H71N3O4/c1-27(2)28-14-20-44(38(51)46-33-26-30(39(33,3)4)37(50)45-23-17-35(49)47-24-10-11-25-47)22-21-42(8)29(36(28)44)12-13-32-41(7)18-16-34(48)40(5,6)31(41)15-19-43(32,42)9/h28-34,36,48H,1,10-26H2,2-9H3,(H,45,50)(H,46,51). The van der Waals surface area contributed by atoms with Crippen molar-refractivity contribution in [3.63, 3.8) is 0 Å². The first-order valence-electron chi connectivity index (χ1n) is 21.0. The van der Waals surface area contributed by atoms with Gasteiger partial charge in [0.15, 0.2) is 0 Å². The summed E-state index contributed by atoms with van der Waals surface area (Å²) < 4.78 is 0. The number of aliphatic hydroxyl groups excluding tert-OH is 1. The first-order valence-corrected chi connectivity index (χ1v) is 21.0. The van der Waals surface area contributed by atoms with Gasteiger partial charge in [-0.25, -0.2) is 0 Å². The SMILES string of the molecule is C=C(C)C1CCC2(C(=O)NC3CC(C(=O)NCCC(=O)N4CCCC4)C3(C)C)CCC3(C)C(CCC4C5(C)CCC(O)C(C)(C)C5CCC43C)C12. The van der Waals surface area contributed by atoms with E-state index in [1.54, 1.807) is 0 Å². The highest BCUT2D eigenvalue weighted by atomic mass is 16.3. The summed E-state index contributed by atoms with van der Waals surface area (Å²) in [6, 6.07) is -0.0346. The number of carbonyl (C=O) groups excluding carboxylic acids is 3. The Hall–Kier alpha value is -1.89. The third-order valence-electron chi connectivity index (χ3n) is 18.5. The van der Waals surface area contributed by atoms with E-state index in [9.17, 15) is 19.5 Å². The molecule has 6 aliphatic carbocycles. The fourth-order valence-corrected chi connectivity index (χ4v) is 15.0. The van der Waals surface area contributed by atoms with Gasteiger partial charge < -0.3 is 20.6 Å². The van der Waals surface area contributed by atoms with Crippen molar-refractivity contribution in [2.75, 3.05) is 19.6 Å². The lowest BCUT2D eigenvalue weighted by atomic mass is 9.32. The number of likely N-dealkylation sites (tertiary alicyclic amines) is 1. The first-order chi connectivity index (χ1) is 23.8. The van der Waals surface area contributed by atoms with Crippen molar-refractivity contribution in [2.45, 2.75) is 157 Å². The van der Waals surface area contributed by atoms with Gasteiger partial charge in [0, 0.05) is 38.0 Å². The highest BCUT2D eigenvalue weighted by molar-refractivity contribution is 5.86. The van der Waals surface area contributed by atoms with Gasteiger partial charge in [0.2, 0.25) is 17.7 Å². The topological polar surface area (TPSA) is 98.7 Å². The molecule has 1 aliphatic heterocycles. The molecule has 12 unspecified atom stereocenters. The van der Waals surface area contributed by atoms with Crippen molar-refractivity contribution in [1.29, 1.82) is 0 Å². The highest BCUT2D eigenvalue weighted by Crippen LogP contribution is 2.77. The summed E-state index contributed by atoms with van der Waals surface area (Å²) in [5.41, 5.74) is 1.07. The summed E-state index contributed by atoms with van der Waals surface area (Å²) in [5.74, 6) is 2.55. The average Bonchev–Trinajstić information content (AvgIpc) is 3.75. The van der Waals surface area contributed by atoms with Gasteiger partial charge in [0.25, 0.3) is 0 Å². The summed E-state index contributed by atoms with van der Waals surface area (Å²) in [6.07, 6.45) is 13.8. The largest absolute Gasteiger partial charge is 0.393 e. The number of nitrogens with one attached hydrogen (secondary N) is 2. The Bertz CT molecular complexity index is 1430. The summed E-state index contributed by atoms with van der Waals surface area (Å²) >= 11 is 0. The van der Waals surface area contributed by atoms with Gasteiger partial charge >= 0.3 is 0 Å². The summed E-state index contributed by atoms with van der Waals surface area (Å²) in [6.45, 7) is 25.6. The molecule has 0 aromatic rings. The molecule has 0 aromatic heterocycles. The van der Waals surface area contributed by atoms with Crippen molar-refractivity contribution in [3.8, 4) is 0 Å². The molecule has 6 saturated carbocycles. The van der Waals surface area contributed by atoms with E-state index >= 15 is 0 Å². The summed E-state index contributed by atoms with van der Waals surface area (Å²) in [7, 11) is 0. The quantitative estimate of drug-likeness (QED) is 0.237. The molecule has 0 radical (unpaired) electrons. The molecule has 286 valence electrons. The maximum absolute atomic E-state index is 14.9.